The summed E-state index contributed by atoms with van der Waals surface area (Å²) in [5.74, 6) is -4.82. The maximum absolute atomic E-state index is 14.9. The first-order valence-corrected chi connectivity index (χ1v) is 16.6. The second-order valence-corrected chi connectivity index (χ2v) is 14.4. The number of anilines is 1. The second-order valence-electron chi connectivity index (χ2n) is 14.0. The van der Waals surface area contributed by atoms with E-state index in [0.717, 1.165) is 17.0 Å². The number of esters is 1. The summed E-state index contributed by atoms with van der Waals surface area (Å²) in [6.07, 6.45) is -2.12. The van der Waals surface area contributed by atoms with Gasteiger partial charge < -0.3 is 14.4 Å². The smallest absolute Gasteiger partial charge is 0.417 e. The van der Waals surface area contributed by atoms with Crippen molar-refractivity contribution < 1.29 is 41.0 Å². The van der Waals surface area contributed by atoms with E-state index in [1.165, 1.54) is 17.9 Å². The van der Waals surface area contributed by atoms with Gasteiger partial charge in [-0.15, -0.1) is 0 Å². The van der Waals surface area contributed by atoms with E-state index in [1.807, 2.05) is 0 Å². The molecule has 2 saturated heterocycles. The average Bonchev–Trinajstić information content (AvgIpc) is 3.15. The molecule has 1 aromatic carbocycles. The van der Waals surface area contributed by atoms with E-state index < -0.39 is 58.7 Å². The summed E-state index contributed by atoms with van der Waals surface area (Å²) in [6.45, 7) is 9.82. The summed E-state index contributed by atoms with van der Waals surface area (Å²) in [6, 6.07) is 6.23. The molecule has 0 N–H and O–H groups in total. The van der Waals surface area contributed by atoms with Gasteiger partial charge in [0.2, 0.25) is 0 Å². The molecule has 1 atom stereocenters. The molecule has 15 heteroatoms. The van der Waals surface area contributed by atoms with E-state index in [9.17, 15) is 31.5 Å². The zero-order chi connectivity index (χ0) is 36.9. The third kappa shape index (κ3) is 9.86. The minimum absolute atomic E-state index is 0.0543. The van der Waals surface area contributed by atoms with Crippen LogP contribution >= 0.6 is 12.2 Å². The monoisotopic (exact) mass is 713 g/mol. The zero-order valence-electron chi connectivity index (χ0n) is 28.7. The highest BCUT2D eigenvalue weighted by Crippen LogP contribution is 2.41. The summed E-state index contributed by atoms with van der Waals surface area (Å²) in [4.78, 5) is 29.9. The number of halogens is 5. The zero-order valence-corrected chi connectivity index (χ0v) is 29.5. The largest absolute Gasteiger partial charge is 0.459 e. The predicted octanol–water partition coefficient (Wildman–Crippen LogP) is 6.84. The molecule has 0 spiro atoms. The van der Waals surface area contributed by atoms with E-state index >= 15 is 0 Å². The number of hydrogen-bond donors (Lipinski definition) is 0. The molecular weight excluding hydrogens is 669 g/mol. The molecule has 2 heterocycles. The number of nitrogens with zero attached hydrogens (tertiary/aromatic N) is 5. The van der Waals surface area contributed by atoms with Gasteiger partial charge in [-0.2, -0.15) is 23.7 Å². The first-order valence-electron chi connectivity index (χ1n) is 16.2. The van der Waals surface area contributed by atoms with Gasteiger partial charge in [0.05, 0.1) is 48.1 Å². The normalized spacial score (nSPS) is 24.1. The van der Waals surface area contributed by atoms with Crippen LogP contribution in [0.1, 0.15) is 91.2 Å². The van der Waals surface area contributed by atoms with Crippen LogP contribution in [0.5, 0.6) is 0 Å². The Morgan fingerprint density at radius 3 is 2.22 bits per heavy atom. The molecule has 1 aliphatic carbocycles. The second kappa shape index (κ2) is 15.7. The van der Waals surface area contributed by atoms with E-state index in [-0.39, 0.29) is 48.9 Å². The minimum Gasteiger partial charge on any atom is -0.459 e. The number of ether oxygens (including phenoxy) is 2. The number of carbonyl (C=O) groups is 2. The fraction of sp³-hybridized carbons (Fsp3) is 0.676. The summed E-state index contributed by atoms with van der Waals surface area (Å²) in [7, 11) is 0. The number of hydrogen-bond acceptors (Lipinski definition) is 8. The molecule has 1 amide bonds. The lowest BCUT2D eigenvalue weighted by Crippen LogP contribution is -2.51. The summed E-state index contributed by atoms with van der Waals surface area (Å²) < 4.78 is 82.0. The molecule has 2 aliphatic heterocycles. The van der Waals surface area contributed by atoms with Crippen molar-refractivity contribution in [1.82, 2.24) is 9.80 Å². The summed E-state index contributed by atoms with van der Waals surface area (Å²) in [5, 5.41) is 16.6. The Morgan fingerprint density at radius 1 is 1.08 bits per heavy atom. The van der Waals surface area contributed by atoms with E-state index in [1.54, 1.807) is 51.7 Å². The Balaban J connectivity index is 0.00000209. The van der Waals surface area contributed by atoms with Crippen LogP contribution in [0, 0.1) is 28.6 Å². The molecular formula is C34H44F5N5O4S. The molecule has 9 nitrogen and oxygen atoms in total. The van der Waals surface area contributed by atoms with Gasteiger partial charge in [0.1, 0.15) is 11.1 Å². The van der Waals surface area contributed by atoms with Crippen molar-refractivity contribution in [3.8, 4) is 12.1 Å². The van der Waals surface area contributed by atoms with Gasteiger partial charge in [-0.3, -0.25) is 19.4 Å². The molecule has 3 fully saturated rings. The number of likely N-dealkylation sites (tertiary alicyclic amines) is 1. The first-order chi connectivity index (χ1) is 22.7. The number of nitriles is 2. The van der Waals surface area contributed by atoms with Crippen molar-refractivity contribution in [1.29, 1.82) is 10.5 Å². The highest BCUT2D eigenvalue weighted by Gasteiger charge is 2.53. The van der Waals surface area contributed by atoms with Gasteiger partial charge in [0, 0.05) is 25.5 Å². The van der Waals surface area contributed by atoms with Crippen LogP contribution in [0.3, 0.4) is 0 Å². The first kappa shape index (κ1) is 40.0. The van der Waals surface area contributed by atoms with E-state index in [2.05, 4.69) is 0 Å². The van der Waals surface area contributed by atoms with Crippen molar-refractivity contribution in [2.45, 2.75) is 115 Å². The highest BCUT2D eigenvalue weighted by atomic mass is 32.1. The standard InChI is InChI=1S/C32H41F5N4O4S.C2H3N/c1-29(2,3)45-26(42)18-39-14-12-21(31(33,34)19-39)13-15-44-24-10-8-22(9-11-24)41-28(46)40(27(43)30(41,4)5)23-7-6-20(17-38)25(16-23)32(35,36)37;1-2-3/h6-7,16,21-22,24H,8-15,18-19H2,1-5H3;1H3. The van der Waals surface area contributed by atoms with Crippen molar-refractivity contribution >= 4 is 34.9 Å². The number of alkyl halides is 5. The Morgan fingerprint density at radius 2 is 1.69 bits per heavy atom. The van der Waals surface area contributed by atoms with Crippen molar-refractivity contribution in [3.05, 3.63) is 29.3 Å². The molecule has 1 unspecified atom stereocenters. The van der Waals surface area contributed by atoms with Crippen LogP contribution in [0.25, 0.3) is 0 Å². The van der Waals surface area contributed by atoms with Crippen LogP contribution in [-0.2, 0) is 25.2 Å². The molecule has 49 heavy (non-hydrogen) atoms. The quantitative estimate of drug-likeness (QED) is 0.163. The molecule has 3 aliphatic rings. The lowest BCUT2D eigenvalue weighted by atomic mass is 9.88. The third-order valence-corrected chi connectivity index (χ3v) is 9.22. The van der Waals surface area contributed by atoms with Crippen molar-refractivity contribution in [2.24, 2.45) is 5.92 Å². The Labute approximate surface area is 289 Å². The lowest BCUT2D eigenvalue weighted by molar-refractivity contribution is -0.161. The van der Waals surface area contributed by atoms with Crippen LogP contribution in [-0.4, -0.2) is 82.2 Å². The lowest BCUT2D eigenvalue weighted by Gasteiger charge is -2.41. The predicted molar refractivity (Wildman–Crippen MR) is 175 cm³/mol. The molecule has 0 bridgehead atoms. The maximum Gasteiger partial charge on any atom is 0.417 e. The topological polar surface area (TPSA) is 110 Å². The van der Waals surface area contributed by atoms with Gasteiger partial charge >= 0.3 is 12.1 Å². The van der Waals surface area contributed by atoms with Crippen LogP contribution in [0.4, 0.5) is 27.6 Å². The minimum atomic E-state index is -4.78. The summed E-state index contributed by atoms with van der Waals surface area (Å²) in [5.41, 5.74) is -3.54. The number of carbonyl (C=O) groups excluding carboxylic acids is 2. The molecule has 4 rings (SSSR count). The van der Waals surface area contributed by atoms with E-state index in [4.69, 9.17) is 32.2 Å². The van der Waals surface area contributed by atoms with Crippen LogP contribution in [0.2, 0.25) is 0 Å². The van der Waals surface area contributed by atoms with Crippen molar-refractivity contribution in [3.63, 3.8) is 0 Å². The Kier molecular flexibility index (Phi) is 12.8. The van der Waals surface area contributed by atoms with Crippen molar-refractivity contribution in [2.75, 3.05) is 31.1 Å². The average molecular weight is 714 g/mol. The summed E-state index contributed by atoms with van der Waals surface area (Å²) >= 11 is 5.65. The van der Waals surface area contributed by atoms with Gasteiger partial charge in [0.15, 0.2) is 5.11 Å². The number of rotatable bonds is 8. The Hall–Kier alpha value is -3.40. The SMILES string of the molecule is CC#N.CC(C)(C)OC(=O)CN1CCC(CCOC2CCC(N3C(=S)N(c4ccc(C#N)c(C(F)(F)F)c4)C(=O)C3(C)C)CC2)C(F)(F)C1. The number of thiocarbonyl (C=S) groups is 1. The van der Waals surface area contributed by atoms with Gasteiger partial charge in [-0.1, -0.05) is 0 Å². The number of benzene rings is 1. The number of piperidine rings is 1. The molecule has 0 radical (unpaired) electrons. The molecule has 270 valence electrons. The van der Waals surface area contributed by atoms with Crippen LogP contribution < -0.4 is 4.90 Å². The third-order valence-electron chi connectivity index (χ3n) is 8.84. The maximum atomic E-state index is 14.9. The highest BCUT2D eigenvalue weighted by molar-refractivity contribution is 7.80. The number of amides is 1. The van der Waals surface area contributed by atoms with Gasteiger partial charge in [0.25, 0.3) is 11.8 Å². The Bertz CT molecular complexity index is 1460. The molecule has 0 aromatic heterocycles. The fourth-order valence-corrected chi connectivity index (χ4v) is 7.17. The van der Waals surface area contributed by atoms with Crippen LogP contribution in [0.15, 0.2) is 18.2 Å². The van der Waals surface area contributed by atoms with Gasteiger partial charge in [-0.05, 0) is 110 Å². The fourth-order valence-electron chi connectivity index (χ4n) is 6.60. The van der Waals surface area contributed by atoms with E-state index in [0.29, 0.717) is 32.2 Å². The molecule has 1 aromatic rings. The van der Waals surface area contributed by atoms with Gasteiger partial charge in [-0.25, -0.2) is 8.78 Å². The molecule has 1 saturated carbocycles.